The molecule has 0 aliphatic carbocycles. The summed E-state index contributed by atoms with van der Waals surface area (Å²) in [6.07, 6.45) is 2.56. The van der Waals surface area contributed by atoms with Crippen molar-refractivity contribution in [3.8, 4) is 0 Å². The van der Waals surface area contributed by atoms with Crippen LogP contribution in [0.5, 0.6) is 0 Å². The maximum Gasteiger partial charge on any atom is 0.312 e. The highest BCUT2D eigenvalue weighted by Crippen LogP contribution is 2.26. The molecule has 0 aromatic carbocycles. The highest BCUT2D eigenvalue weighted by Gasteiger charge is 2.33. The van der Waals surface area contributed by atoms with Gasteiger partial charge in [0.2, 0.25) is 0 Å². The maximum atomic E-state index is 10.5. The van der Waals surface area contributed by atoms with E-state index in [1.807, 2.05) is 0 Å². The number of carbonyl (C=O) groups excluding carboxylic acids is 1. The normalized spacial score (nSPS) is 34.0. The smallest absolute Gasteiger partial charge is 0.312 e. The Hall–Kier alpha value is -0.810. The van der Waals surface area contributed by atoms with E-state index in [0.717, 1.165) is 12.5 Å². The van der Waals surface area contributed by atoms with E-state index in [4.69, 9.17) is 5.73 Å². The molecule has 0 aromatic heterocycles. The summed E-state index contributed by atoms with van der Waals surface area (Å²) in [5.74, 6) is 0.812. The minimum Gasteiger partial charge on any atom is -0.352 e. The van der Waals surface area contributed by atoms with Crippen LogP contribution in [0.15, 0.2) is 0 Å². The van der Waals surface area contributed by atoms with Crippen LogP contribution in [-0.2, 0) is 0 Å². The molecule has 5 heteroatoms. The average Bonchev–Trinajstić information content (AvgIpc) is 2.58. The summed E-state index contributed by atoms with van der Waals surface area (Å²) < 4.78 is 0. The molecule has 4 N–H and O–H groups in total. The number of rotatable bonds is 4. The number of nitrogens with one attached hydrogen (secondary N) is 2. The van der Waals surface area contributed by atoms with Gasteiger partial charge in [0.15, 0.2) is 0 Å². The van der Waals surface area contributed by atoms with Gasteiger partial charge in [-0.25, -0.2) is 4.79 Å². The number of hydrogen-bond donors (Lipinski definition) is 3. The number of piperidine rings is 1. The fraction of sp³-hybridized carbons (Fsp3) is 0.900. The standard InChI is InChI=1S/C10H20N4O/c11-10(15)13-4-3-12-9-2-6-14-5-1-8(9)7-14/h8-9,12H,1-7H2,(H3,11,13,15). The molecule has 3 unspecified atom stereocenters. The molecule has 2 heterocycles. The van der Waals surface area contributed by atoms with Gasteiger partial charge in [0.05, 0.1) is 0 Å². The second-order valence-electron chi connectivity index (χ2n) is 4.49. The fourth-order valence-electron chi connectivity index (χ4n) is 2.66. The summed E-state index contributed by atoms with van der Waals surface area (Å²) in [4.78, 5) is 13.0. The molecular weight excluding hydrogens is 192 g/mol. The molecule has 86 valence electrons. The van der Waals surface area contributed by atoms with Crippen molar-refractivity contribution in [2.75, 3.05) is 32.7 Å². The second-order valence-corrected chi connectivity index (χ2v) is 4.49. The van der Waals surface area contributed by atoms with Crippen molar-refractivity contribution < 1.29 is 4.79 Å². The molecule has 0 aromatic rings. The van der Waals surface area contributed by atoms with Crippen molar-refractivity contribution in [2.24, 2.45) is 11.7 Å². The number of amides is 2. The summed E-state index contributed by atoms with van der Waals surface area (Å²) in [6, 6.07) is 0.200. The lowest BCUT2D eigenvalue weighted by molar-refractivity contribution is 0.221. The molecular formula is C10H20N4O. The molecule has 2 aliphatic heterocycles. The molecule has 5 nitrogen and oxygen atoms in total. The number of primary amides is 1. The first-order chi connectivity index (χ1) is 7.25. The van der Waals surface area contributed by atoms with Crippen LogP contribution in [0.25, 0.3) is 0 Å². The number of nitrogens with zero attached hydrogens (tertiary/aromatic N) is 1. The van der Waals surface area contributed by atoms with Crippen molar-refractivity contribution in [1.29, 1.82) is 0 Å². The Morgan fingerprint density at radius 1 is 1.33 bits per heavy atom. The monoisotopic (exact) mass is 212 g/mol. The van der Waals surface area contributed by atoms with E-state index in [1.54, 1.807) is 0 Å². The summed E-state index contributed by atoms with van der Waals surface area (Å²) in [7, 11) is 0. The molecule has 0 saturated carbocycles. The van der Waals surface area contributed by atoms with Gasteiger partial charge in [0, 0.05) is 25.7 Å². The first-order valence-corrected chi connectivity index (χ1v) is 5.75. The van der Waals surface area contributed by atoms with Gasteiger partial charge in [0.25, 0.3) is 0 Å². The van der Waals surface area contributed by atoms with E-state index in [0.29, 0.717) is 12.6 Å². The molecule has 2 fully saturated rings. The first-order valence-electron chi connectivity index (χ1n) is 5.75. The lowest BCUT2D eigenvalue weighted by Gasteiger charge is -2.31. The number of carbonyl (C=O) groups is 1. The van der Waals surface area contributed by atoms with E-state index in [2.05, 4.69) is 15.5 Å². The SMILES string of the molecule is NC(=O)NCCNC1CCN2CCC1C2. The highest BCUT2D eigenvalue weighted by molar-refractivity contribution is 5.71. The number of nitrogens with two attached hydrogens (primary N) is 1. The van der Waals surface area contributed by atoms with Gasteiger partial charge in [-0.3, -0.25) is 0 Å². The van der Waals surface area contributed by atoms with Crippen LogP contribution < -0.4 is 16.4 Å². The van der Waals surface area contributed by atoms with Gasteiger partial charge in [0.1, 0.15) is 0 Å². The average molecular weight is 212 g/mol. The molecule has 0 spiro atoms. The highest BCUT2D eigenvalue weighted by atomic mass is 16.2. The Balaban J connectivity index is 1.64. The Labute approximate surface area is 90.4 Å². The largest absolute Gasteiger partial charge is 0.352 e. The van der Waals surface area contributed by atoms with Gasteiger partial charge in [-0.15, -0.1) is 0 Å². The summed E-state index contributed by atoms with van der Waals surface area (Å²) in [6.45, 7) is 5.19. The van der Waals surface area contributed by atoms with Gasteiger partial charge < -0.3 is 21.3 Å². The van der Waals surface area contributed by atoms with E-state index in [1.165, 1.54) is 32.5 Å². The molecule has 3 atom stereocenters. The number of urea groups is 1. The van der Waals surface area contributed by atoms with Crippen molar-refractivity contribution in [3.63, 3.8) is 0 Å². The van der Waals surface area contributed by atoms with Gasteiger partial charge >= 0.3 is 6.03 Å². The molecule has 2 aliphatic rings. The van der Waals surface area contributed by atoms with Crippen LogP contribution in [0, 0.1) is 5.92 Å². The molecule has 2 bridgehead atoms. The molecule has 0 radical (unpaired) electrons. The predicted octanol–water partition coefficient (Wildman–Crippen LogP) is -0.661. The van der Waals surface area contributed by atoms with Gasteiger partial charge in [-0.2, -0.15) is 0 Å². The zero-order chi connectivity index (χ0) is 10.7. The first kappa shape index (κ1) is 10.7. The summed E-state index contributed by atoms with van der Waals surface area (Å²) in [5, 5.41) is 6.10. The van der Waals surface area contributed by atoms with E-state index in [9.17, 15) is 4.79 Å². The van der Waals surface area contributed by atoms with Crippen LogP contribution in [0.2, 0.25) is 0 Å². The Morgan fingerprint density at radius 2 is 2.13 bits per heavy atom. The quantitative estimate of drug-likeness (QED) is 0.542. The van der Waals surface area contributed by atoms with E-state index >= 15 is 0 Å². The molecule has 2 saturated heterocycles. The van der Waals surface area contributed by atoms with Gasteiger partial charge in [-0.05, 0) is 31.8 Å². The van der Waals surface area contributed by atoms with Crippen molar-refractivity contribution in [1.82, 2.24) is 15.5 Å². The minimum absolute atomic E-state index is 0.438. The molecule has 15 heavy (non-hydrogen) atoms. The Morgan fingerprint density at radius 3 is 2.93 bits per heavy atom. The van der Waals surface area contributed by atoms with E-state index in [-0.39, 0.29) is 0 Å². The topological polar surface area (TPSA) is 70.4 Å². The zero-order valence-corrected chi connectivity index (χ0v) is 9.04. The molecule has 2 amide bonds. The third-order valence-corrected chi connectivity index (χ3v) is 3.46. The lowest BCUT2D eigenvalue weighted by Crippen LogP contribution is -2.46. The third kappa shape index (κ3) is 2.82. The van der Waals surface area contributed by atoms with Gasteiger partial charge in [-0.1, -0.05) is 0 Å². The maximum absolute atomic E-state index is 10.5. The van der Waals surface area contributed by atoms with Crippen molar-refractivity contribution in [3.05, 3.63) is 0 Å². The zero-order valence-electron chi connectivity index (χ0n) is 9.04. The summed E-state index contributed by atoms with van der Waals surface area (Å²) >= 11 is 0. The van der Waals surface area contributed by atoms with Crippen molar-refractivity contribution >= 4 is 6.03 Å². The number of hydrogen-bond acceptors (Lipinski definition) is 3. The van der Waals surface area contributed by atoms with Crippen LogP contribution >= 0.6 is 0 Å². The van der Waals surface area contributed by atoms with Crippen LogP contribution in [0.3, 0.4) is 0 Å². The van der Waals surface area contributed by atoms with Crippen LogP contribution in [0.4, 0.5) is 4.79 Å². The minimum atomic E-state index is -0.438. The Bertz CT molecular complexity index is 233. The second kappa shape index (κ2) is 4.81. The number of fused-ring (bicyclic) bond motifs is 2. The van der Waals surface area contributed by atoms with E-state index < -0.39 is 6.03 Å². The Kier molecular flexibility index (Phi) is 3.43. The van der Waals surface area contributed by atoms with Crippen LogP contribution in [-0.4, -0.2) is 49.7 Å². The third-order valence-electron chi connectivity index (χ3n) is 3.46. The predicted molar refractivity (Wildman–Crippen MR) is 58.5 cm³/mol. The fourth-order valence-corrected chi connectivity index (χ4v) is 2.66. The summed E-state index contributed by atoms with van der Waals surface area (Å²) in [5.41, 5.74) is 4.99. The van der Waals surface area contributed by atoms with Crippen molar-refractivity contribution in [2.45, 2.75) is 18.9 Å². The van der Waals surface area contributed by atoms with Crippen LogP contribution in [0.1, 0.15) is 12.8 Å². The molecule has 2 rings (SSSR count). The lowest BCUT2D eigenvalue weighted by atomic mass is 9.94.